The van der Waals surface area contributed by atoms with Gasteiger partial charge >= 0.3 is 0 Å². The largest absolute Gasteiger partial charge is 0.485 e. The Bertz CT molecular complexity index is 1080. The fourth-order valence-corrected chi connectivity index (χ4v) is 3.29. The lowest BCUT2D eigenvalue weighted by molar-refractivity contribution is 0.102. The summed E-state index contributed by atoms with van der Waals surface area (Å²) in [6, 6.07) is 7.48. The van der Waals surface area contributed by atoms with Gasteiger partial charge in [0.2, 0.25) is 0 Å². The average molecular weight is 430 g/mol. The summed E-state index contributed by atoms with van der Waals surface area (Å²) in [4.78, 5) is 31.9. The summed E-state index contributed by atoms with van der Waals surface area (Å²) in [5.41, 5.74) is 0.411. The van der Waals surface area contributed by atoms with Crippen molar-refractivity contribution in [2.75, 3.05) is 18.5 Å². The van der Waals surface area contributed by atoms with E-state index in [0.717, 1.165) is 0 Å². The van der Waals surface area contributed by atoms with Crippen LogP contribution in [0.15, 0.2) is 48.9 Å². The second-order valence-corrected chi connectivity index (χ2v) is 7.07. The van der Waals surface area contributed by atoms with Gasteiger partial charge in [-0.3, -0.25) is 14.6 Å². The van der Waals surface area contributed by atoms with Crippen LogP contribution in [0.5, 0.6) is 5.75 Å². The van der Waals surface area contributed by atoms with E-state index < -0.39 is 17.5 Å². The highest BCUT2D eigenvalue weighted by Crippen LogP contribution is 2.31. The Morgan fingerprint density at radius 3 is 2.93 bits per heavy atom. The Balaban J connectivity index is 1.55. The van der Waals surface area contributed by atoms with Gasteiger partial charge in [0.15, 0.2) is 17.3 Å². The number of H-pyrrole nitrogens is 1. The average Bonchev–Trinajstić information content (AvgIpc) is 3.43. The third kappa shape index (κ3) is 4.19. The molecule has 3 heterocycles. The maximum atomic E-state index is 15.0. The van der Waals surface area contributed by atoms with Crippen molar-refractivity contribution in [1.82, 2.24) is 9.97 Å². The minimum Gasteiger partial charge on any atom is -0.485 e. The monoisotopic (exact) mass is 429 g/mol. The van der Waals surface area contributed by atoms with Crippen LogP contribution in [0.25, 0.3) is 0 Å². The predicted molar refractivity (Wildman–Crippen MR) is 108 cm³/mol. The molecule has 0 aliphatic carbocycles. The Morgan fingerprint density at radius 2 is 2.20 bits per heavy atom. The quantitative estimate of drug-likeness (QED) is 0.580. The summed E-state index contributed by atoms with van der Waals surface area (Å²) in [5.74, 6) is -2.04. The maximum absolute atomic E-state index is 15.0. The van der Waals surface area contributed by atoms with E-state index in [-0.39, 0.29) is 33.7 Å². The van der Waals surface area contributed by atoms with Crippen molar-refractivity contribution in [3.05, 3.63) is 76.6 Å². The number of nitrogens with one attached hydrogen (secondary N) is 2. The molecule has 1 aliphatic heterocycles. The van der Waals surface area contributed by atoms with Gasteiger partial charge < -0.3 is 19.8 Å². The van der Waals surface area contributed by atoms with Crippen molar-refractivity contribution in [3.8, 4) is 5.75 Å². The van der Waals surface area contributed by atoms with Crippen LogP contribution in [0.1, 0.15) is 32.8 Å². The Kier molecular flexibility index (Phi) is 5.78. The summed E-state index contributed by atoms with van der Waals surface area (Å²) in [7, 11) is 0. The van der Waals surface area contributed by atoms with Crippen molar-refractivity contribution in [2.24, 2.45) is 0 Å². The number of ether oxygens (including phenoxy) is 2. The molecule has 0 radical (unpaired) electrons. The van der Waals surface area contributed by atoms with Gasteiger partial charge in [0.1, 0.15) is 11.8 Å². The van der Waals surface area contributed by atoms with Crippen molar-refractivity contribution >= 4 is 29.0 Å². The van der Waals surface area contributed by atoms with Crippen molar-refractivity contribution in [2.45, 2.75) is 12.5 Å². The molecule has 4 rings (SSSR count). The van der Waals surface area contributed by atoms with Gasteiger partial charge in [0.25, 0.3) is 5.91 Å². The van der Waals surface area contributed by atoms with Crippen LogP contribution in [0.3, 0.4) is 0 Å². The SMILES string of the molecule is O=C(Nc1cccnc1)c1cc(C(=O)c2c(Cl)ccc(OC3CCOC3)c2F)c[nH]1. The number of amides is 1. The highest BCUT2D eigenvalue weighted by Gasteiger charge is 2.25. The number of carbonyl (C=O) groups excluding carboxylic acids is 2. The molecule has 1 amide bonds. The Labute approximate surface area is 176 Å². The number of ketones is 1. The topological polar surface area (TPSA) is 93.3 Å². The standard InChI is InChI=1S/C21H17ClFN3O4/c22-15-3-4-17(30-14-5-7-29-11-14)19(23)18(15)20(27)12-8-16(25-9-12)21(28)26-13-2-1-6-24-10-13/h1-4,6,8-10,14,25H,5,7,11H2,(H,26,28). The van der Waals surface area contributed by atoms with Crippen LogP contribution in [-0.4, -0.2) is 41.0 Å². The normalized spacial score (nSPS) is 15.7. The Hall–Kier alpha value is -3.23. The fraction of sp³-hybridized carbons (Fsp3) is 0.190. The van der Waals surface area contributed by atoms with Crippen LogP contribution in [0, 0.1) is 5.82 Å². The third-order valence-corrected chi connectivity index (χ3v) is 4.89. The van der Waals surface area contributed by atoms with E-state index in [1.54, 1.807) is 18.3 Å². The van der Waals surface area contributed by atoms with Gasteiger partial charge in [-0.2, -0.15) is 0 Å². The van der Waals surface area contributed by atoms with Gasteiger partial charge in [0, 0.05) is 24.4 Å². The maximum Gasteiger partial charge on any atom is 0.272 e. The number of nitrogens with zero attached hydrogens (tertiary/aromatic N) is 1. The molecule has 2 N–H and O–H groups in total. The summed E-state index contributed by atoms with van der Waals surface area (Å²) in [6.07, 6.45) is 4.76. The molecule has 1 saturated heterocycles. The number of hydrogen-bond acceptors (Lipinski definition) is 5. The number of pyridine rings is 1. The molecule has 0 saturated carbocycles. The zero-order chi connectivity index (χ0) is 21.1. The summed E-state index contributed by atoms with van der Waals surface area (Å²) in [5, 5.41) is 2.60. The lowest BCUT2D eigenvalue weighted by Crippen LogP contribution is -2.17. The highest BCUT2D eigenvalue weighted by molar-refractivity contribution is 6.35. The minimum absolute atomic E-state index is 0.0462. The minimum atomic E-state index is -0.845. The van der Waals surface area contributed by atoms with Crippen LogP contribution in [-0.2, 0) is 4.74 Å². The number of halogens is 2. The van der Waals surface area contributed by atoms with Gasteiger partial charge in [-0.1, -0.05) is 11.6 Å². The van der Waals surface area contributed by atoms with Crippen molar-refractivity contribution < 1.29 is 23.5 Å². The van der Waals surface area contributed by atoms with E-state index in [1.807, 2.05) is 0 Å². The molecular weight excluding hydrogens is 413 g/mol. The lowest BCUT2D eigenvalue weighted by atomic mass is 10.0. The van der Waals surface area contributed by atoms with Crippen molar-refractivity contribution in [1.29, 1.82) is 0 Å². The first kappa shape index (κ1) is 20.1. The molecule has 0 spiro atoms. The fourth-order valence-electron chi connectivity index (χ4n) is 3.05. The van der Waals surface area contributed by atoms with Gasteiger partial charge in [-0.25, -0.2) is 4.39 Å². The molecule has 3 aromatic rings. The Morgan fingerprint density at radius 1 is 1.33 bits per heavy atom. The molecule has 0 bridgehead atoms. The number of rotatable bonds is 6. The third-order valence-electron chi connectivity index (χ3n) is 4.57. The summed E-state index contributed by atoms with van der Waals surface area (Å²) < 4.78 is 25.8. The summed E-state index contributed by atoms with van der Waals surface area (Å²) >= 11 is 6.10. The van der Waals surface area contributed by atoms with Gasteiger partial charge in [-0.05, 0) is 30.3 Å². The first-order chi connectivity index (χ1) is 14.5. The molecule has 1 fully saturated rings. The smallest absolute Gasteiger partial charge is 0.272 e. The first-order valence-electron chi connectivity index (χ1n) is 9.20. The van der Waals surface area contributed by atoms with Crippen LogP contribution >= 0.6 is 11.6 Å². The zero-order valence-electron chi connectivity index (χ0n) is 15.7. The zero-order valence-corrected chi connectivity index (χ0v) is 16.4. The van der Waals surface area contributed by atoms with E-state index in [4.69, 9.17) is 21.1 Å². The predicted octanol–water partition coefficient (Wildman–Crippen LogP) is 3.85. The molecule has 30 heavy (non-hydrogen) atoms. The molecule has 9 heteroatoms. The number of aromatic nitrogens is 2. The van der Waals surface area contributed by atoms with E-state index in [2.05, 4.69) is 15.3 Å². The molecule has 154 valence electrons. The van der Waals surface area contributed by atoms with Crippen molar-refractivity contribution in [3.63, 3.8) is 0 Å². The number of anilines is 1. The molecule has 1 aliphatic rings. The first-order valence-corrected chi connectivity index (χ1v) is 9.57. The molecule has 1 aromatic carbocycles. The molecule has 2 aromatic heterocycles. The molecule has 7 nitrogen and oxygen atoms in total. The number of hydrogen-bond donors (Lipinski definition) is 2. The molecule has 1 atom stereocenters. The lowest BCUT2D eigenvalue weighted by Gasteiger charge is -2.14. The van der Waals surface area contributed by atoms with Gasteiger partial charge in [-0.15, -0.1) is 0 Å². The van der Waals surface area contributed by atoms with Gasteiger partial charge in [0.05, 0.1) is 35.7 Å². The van der Waals surface area contributed by atoms with E-state index >= 15 is 4.39 Å². The van der Waals surface area contributed by atoms with E-state index in [0.29, 0.717) is 25.3 Å². The number of benzene rings is 1. The van der Waals surface area contributed by atoms with E-state index in [9.17, 15) is 9.59 Å². The van der Waals surface area contributed by atoms with Crippen LogP contribution in [0.2, 0.25) is 5.02 Å². The van der Waals surface area contributed by atoms with Crippen LogP contribution in [0.4, 0.5) is 10.1 Å². The van der Waals surface area contributed by atoms with Crippen LogP contribution < -0.4 is 10.1 Å². The second-order valence-electron chi connectivity index (χ2n) is 6.66. The van der Waals surface area contributed by atoms with E-state index in [1.165, 1.54) is 30.6 Å². The summed E-state index contributed by atoms with van der Waals surface area (Å²) in [6.45, 7) is 0.900. The highest BCUT2D eigenvalue weighted by atomic mass is 35.5. The molecular formula is C21H17ClFN3O4. The number of aromatic amines is 1. The second kappa shape index (κ2) is 8.64. The molecule has 1 unspecified atom stereocenters. The number of carbonyl (C=O) groups is 2.